The van der Waals surface area contributed by atoms with Crippen LogP contribution in [-0.2, 0) is 6.54 Å². The van der Waals surface area contributed by atoms with Gasteiger partial charge in [0, 0.05) is 12.1 Å². The van der Waals surface area contributed by atoms with Crippen LogP contribution in [0, 0.1) is 17.1 Å². The summed E-state index contributed by atoms with van der Waals surface area (Å²) in [5.74, 6) is -0.470. The topological polar surface area (TPSA) is 83.6 Å². The number of fused-ring (bicyclic) bond motifs is 2. The van der Waals surface area contributed by atoms with Crippen molar-refractivity contribution in [2.75, 3.05) is 5.32 Å². The highest BCUT2D eigenvalue weighted by molar-refractivity contribution is 6.06. The first-order valence-electron chi connectivity index (χ1n) is 9.88. The van der Waals surface area contributed by atoms with Crippen LogP contribution in [0.4, 0.5) is 10.2 Å². The minimum absolute atomic E-state index is 0.273. The number of halogens is 1. The molecule has 0 bridgehead atoms. The summed E-state index contributed by atoms with van der Waals surface area (Å²) >= 11 is 0. The highest BCUT2D eigenvalue weighted by Crippen LogP contribution is 2.30. The first kappa shape index (κ1) is 19.5. The van der Waals surface area contributed by atoms with E-state index in [0.29, 0.717) is 34.6 Å². The summed E-state index contributed by atoms with van der Waals surface area (Å²) in [7, 11) is 0. The van der Waals surface area contributed by atoms with Crippen LogP contribution in [0.3, 0.4) is 0 Å². The lowest BCUT2D eigenvalue weighted by molar-refractivity contribution is 0.102. The molecule has 6 nitrogen and oxygen atoms in total. The zero-order valence-electron chi connectivity index (χ0n) is 16.5. The maximum Gasteiger partial charge on any atom is 0.256 e. The molecule has 0 atom stereocenters. The smallest absolute Gasteiger partial charge is 0.256 e. The van der Waals surface area contributed by atoms with E-state index in [9.17, 15) is 14.4 Å². The fraction of sp³-hybridized carbons (Fsp3) is 0.217. The number of carbonyl (C=O) groups is 1. The van der Waals surface area contributed by atoms with Crippen LogP contribution < -0.4 is 5.32 Å². The van der Waals surface area contributed by atoms with Crippen LogP contribution in [0.15, 0.2) is 48.5 Å². The number of hydrogen-bond acceptors (Lipinski definition) is 4. The number of aryl methyl sites for hydroxylation is 1. The van der Waals surface area contributed by atoms with Gasteiger partial charge in [-0.25, -0.2) is 14.4 Å². The van der Waals surface area contributed by atoms with E-state index < -0.39 is 11.7 Å². The Bertz CT molecular complexity index is 1270. The molecule has 0 radical (unpaired) electrons. The van der Waals surface area contributed by atoms with Crippen LogP contribution in [0.1, 0.15) is 42.1 Å². The maximum absolute atomic E-state index is 13.2. The van der Waals surface area contributed by atoms with E-state index in [-0.39, 0.29) is 5.56 Å². The Labute approximate surface area is 173 Å². The molecule has 4 aromatic rings. The monoisotopic (exact) mass is 401 g/mol. The van der Waals surface area contributed by atoms with Crippen LogP contribution in [0.5, 0.6) is 0 Å². The number of benzene rings is 2. The number of rotatable bonds is 6. The molecule has 2 aromatic heterocycles. The number of nitrogens with one attached hydrogen (secondary N) is 1. The number of hydrogen-bond donors (Lipinski definition) is 1. The van der Waals surface area contributed by atoms with Crippen molar-refractivity contribution in [2.45, 2.75) is 32.7 Å². The molecule has 7 heteroatoms. The third kappa shape index (κ3) is 3.60. The number of unbranched alkanes of at least 4 members (excludes halogenated alkanes) is 2. The van der Waals surface area contributed by atoms with E-state index >= 15 is 0 Å². The number of amides is 1. The Kier molecular flexibility index (Phi) is 5.40. The van der Waals surface area contributed by atoms with Crippen LogP contribution >= 0.6 is 0 Å². The standard InChI is InChI=1S/C23H20FN5O/c1-2-3-6-13-29-21(28-23(30)15-9-11-16(24)12-10-15)17(14-25)20-22(29)27-19-8-5-4-7-18(19)26-20/h4-5,7-12H,2-3,6,13H2,1H3,(H,28,30). The summed E-state index contributed by atoms with van der Waals surface area (Å²) in [5.41, 5.74) is 3.01. The molecule has 0 saturated carbocycles. The van der Waals surface area contributed by atoms with Crippen molar-refractivity contribution in [3.05, 3.63) is 65.5 Å². The van der Waals surface area contributed by atoms with Gasteiger partial charge in [0.1, 0.15) is 28.8 Å². The van der Waals surface area contributed by atoms with Crippen molar-refractivity contribution in [3.63, 3.8) is 0 Å². The van der Waals surface area contributed by atoms with Crippen molar-refractivity contribution < 1.29 is 9.18 Å². The lowest BCUT2D eigenvalue weighted by Crippen LogP contribution is -2.16. The van der Waals surface area contributed by atoms with E-state index in [1.807, 2.05) is 28.8 Å². The molecule has 150 valence electrons. The van der Waals surface area contributed by atoms with Crippen molar-refractivity contribution in [2.24, 2.45) is 0 Å². The van der Waals surface area contributed by atoms with Gasteiger partial charge in [-0.15, -0.1) is 0 Å². The molecular formula is C23H20FN5O. The average molecular weight is 401 g/mol. The molecule has 0 saturated heterocycles. The van der Waals surface area contributed by atoms with Gasteiger partial charge in [-0.1, -0.05) is 31.9 Å². The normalized spacial score (nSPS) is 11.0. The summed E-state index contributed by atoms with van der Waals surface area (Å²) in [5, 5.41) is 12.7. The molecule has 30 heavy (non-hydrogen) atoms. The summed E-state index contributed by atoms with van der Waals surface area (Å²) in [6, 6.07) is 14.9. The van der Waals surface area contributed by atoms with E-state index in [2.05, 4.69) is 23.3 Å². The average Bonchev–Trinajstić information content (AvgIpc) is 3.04. The van der Waals surface area contributed by atoms with Crippen molar-refractivity contribution in [3.8, 4) is 6.07 Å². The number of carbonyl (C=O) groups excluding carboxylic acids is 1. The Morgan fingerprint density at radius 2 is 1.80 bits per heavy atom. The van der Waals surface area contributed by atoms with Gasteiger partial charge in [0.15, 0.2) is 5.65 Å². The second-order valence-corrected chi connectivity index (χ2v) is 7.04. The predicted molar refractivity (Wildman–Crippen MR) is 114 cm³/mol. The number of para-hydroxylation sites is 2. The van der Waals surface area contributed by atoms with Crippen LogP contribution in [0.2, 0.25) is 0 Å². The molecule has 2 aromatic carbocycles. The minimum Gasteiger partial charge on any atom is -0.309 e. The second kappa shape index (κ2) is 8.29. The number of nitrogens with zero attached hydrogens (tertiary/aromatic N) is 4. The van der Waals surface area contributed by atoms with Crippen molar-refractivity contribution in [1.82, 2.24) is 14.5 Å². The van der Waals surface area contributed by atoms with E-state index in [1.54, 1.807) is 0 Å². The van der Waals surface area contributed by atoms with Gasteiger partial charge < -0.3 is 9.88 Å². The number of nitriles is 1. The van der Waals surface area contributed by atoms with E-state index in [1.165, 1.54) is 24.3 Å². The summed E-state index contributed by atoms with van der Waals surface area (Å²) in [4.78, 5) is 22.2. The largest absolute Gasteiger partial charge is 0.309 e. The van der Waals surface area contributed by atoms with Gasteiger partial charge in [-0.2, -0.15) is 5.26 Å². The van der Waals surface area contributed by atoms with Crippen molar-refractivity contribution >= 4 is 33.9 Å². The second-order valence-electron chi connectivity index (χ2n) is 7.04. The molecule has 0 aliphatic carbocycles. The fourth-order valence-corrected chi connectivity index (χ4v) is 3.45. The van der Waals surface area contributed by atoms with Gasteiger partial charge in [-0.3, -0.25) is 4.79 Å². The van der Waals surface area contributed by atoms with Gasteiger partial charge >= 0.3 is 0 Å². The van der Waals surface area contributed by atoms with Gasteiger partial charge in [0.2, 0.25) is 0 Å². The predicted octanol–water partition coefficient (Wildman–Crippen LogP) is 5.04. The third-order valence-electron chi connectivity index (χ3n) is 4.99. The van der Waals surface area contributed by atoms with Gasteiger partial charge in [-0.05, 0) is 42.8 Å². The Morgan fingerprint density at radius 3 is 2.47 bits per heavy atom. The molecule has 4 rings (SSSR count). The molecule has 0 spiro atoms. The molecule has 0 aliphatic heterocycles. The molecular weight excluding hydrogens is 381 g/mol. The van der Waals surface area contributed by atoms with Crippen LogP contribution in [0.25, 0.3) is 22.2 Å². The third-order valence-corrected chi connectivity index (χ3v) is 4.99. The first-order chi connectivity index (χ1) is 14.6. The van der Waals surface area contributed by atoms with Crippen molar-refractivity contribution in [1.29, 1.82) is 5.26 Å². The Hall–Kier alpha value is -3.79. The molecule has 0 fully saturated rings. The SMILES string of the molecule is CCCCCn1c(NC(=O)c2ccc(F)cc2)c(C#N)c2nc3ccccc3nc21. The highest BCUT2D eigenvalue weighted by atomic mass is 19.1. The quantitative estimate of drug-likeness (QED) is 0.459. The summed E-state index contributed by atoms with van der Waals surface area (Å²) in [6.45, 7) is 2.71. The maximum atomic E-state index is 13.2. The minimum atomic E-state index is -0.421. The zero-order valence-corrected chi connectivity index (χ0v) is 16.5. The van der Waals surface area contributed by atoms with Crippen LogP contribution in [-0.4, -0.2) is 20.4 Å². The van der Waals surface area contributed by atoms with Gasteiger partial charge in [0.25, 0.3) is 5.91 Å². The zero-order chi connectivity index (χ0) is 21.1. The molecule has 2 heterocycles. The van der Waals surface area contributed by atoms with E-state index in [4.69, 9.17) is 4.98 Å². The van der Waals surface area contributed by atoms with E-state index in [0.717, 1.165) is 24.8 Å². The Balaban J connectivity index is 1.85. The molecule has 0 unspecified atom stereocenters. The van der Waals surface area contributed by atoms with Gasteiger partial charge in [0.05, 0.1) is 11.0 Å². The molecule has 1 amide bonds. The summed E-state index contributed by atoms with van der Waals surface area (Å²) < 4.78 is 15.1. The fourth-order valence-electron chi connectivity index (χ4n) is 3.45. The molecule has 0 aliphatic rings. The number of aromatic nitrogens is 3. The lowest BCUT2D eigenvalue weighted by atomic mass is 10.2. The first-order valence-corrected chi connectivity index (χ1v) is 9.88. The number of anilines is 1. The summed E-state index contributed by atoms with van der Waals surface area (Å²) in [6.07, 6.45) is 2.92. The highest BCUT2D eigenvalue weighted by Gasteiger charge is 2.22. The Morgan fingerprint density at radius 1 is 1.10 bits per heavy atom. The lowest BCUT2D eigenvalue weighted by Gasteiger charge is -2.11. The molecule has 1 N–H and O–H groups in total.